The first-order chi connectivity index (χ1) is 8.17. The summed E-state index contributed by atoms with van der Waals surface area (Å²) in [6, 6.07) is 0. The Balaban J connectivity index is 2.95. The van der Waals surface area contributed by atoms with E-state index in [1.165, 1.54) is 0 Å². The average Bonchev–Trinajstić information content (AvgIpc) is 2.62. The molecule has 0 aromatic carbocycles. The van der Waals surface area contributed by atoms with Gasteiger partial charge >= 0.3 is 5.97 Å². The lowest BCUT2D eigenvalue weighted by molar-refractivity contribution is -0.174. The Morgan fingerprint density at radius 2 is 2.11 bits per heavy atom. The van der Waals surface area contributed by atoms with Crippen molar-refractivity contribution in [1.29, 1.82) is 0 Å². The lowest BCUT2D eigenvalue weighted by Gasteiger charge is -2.37. The Labute approximate surface area is 111 Å². The van der Waals surface area contributed by atoms with Gasteiger partial charge in [0, 0.05) is 6.61 Å². The summed E-state index contributed by atoms with van der Waals surface area (Å²) in [5, 5.41) is 9.55. The maximum atomic E-state index is 11.6. The Morgan fingerprint density at radius 1 is 1.50 bits per heavy atom. The number of carboxylic acid groups (broad SMARTS) is 1. The van der Waals surface area contributed by atoms with Crippen molar-refractivity contribution in [1.82, 2.24) is 0 Å². The number of hydrogen-bond acceptors (Lipinski definition) is 3. The van der Waals surface area contributed by atoms with Crippen LogP contribution in [0.4, 0.5) is 0 Å². The minimum absolute atomic E-state index is 0.0301. The third-order valence-electron chi connectivity index (χ3n) is 3.17. The number of carboxylic acids is 1. The smallest absolute Gasteiger partial charge is 0.338 e. The van der Waals surface area contributed by atoms with Crippen molar-refractivity contribution >= 4 is 15.0 Å². The quantitative estimate of drug-likeness (QED) is 0.782. The highest BCUT2D eigenvalue weighted by Crippen LogP contribution is 2.37. The van der Waals surface area contributed by atoms with Crippen molar-refractivity contribution in [2.45, 2.75) is 64.8 Å². The van der Waals surface area contributed by atoms with Gasteiger partial charge in [-0.3, -0.25) is 0 Å². The first-order valence-corrected chi connectivity index (χ1v) is 9.48. The van der Waals surface area contributed by atoms with Crippen molar-refractivity contribution in [3.63, 3.8) is 0 Å². The Kier molecular flexibility index (Phi) is 4.97. The van der Waals surface area contributed by atoms with Crippen molar-refractivity contribution in [2.75, 3.05) is 6.61 Å². The fourth-order valence-corrected chi connectivity index (χ4v) is 3.40. The topological polar surface area (TPSA) is 55.8 Å². The van der Waals surface area contributed by atoms with Crippen LogP contribution in [0.1, 0.15) is 40.0 Å². The first-order valence-electron chi connectivity index (χ1n) is 6.70. The van der Waals surface area contributed by atoms with E-state index in [1.807, 2.05) is 0 Å². The predicted octanol–water partition coefficient (Wildman–Crippen LogP) is 2.43. The van der Waals surface area contributed by atoms with Gasteiger partial charge in [-0.05, 0) is 37.8 Å². The fourth-order valence-electron chi connectivity index (χ4n) is 2.43. The Hall–Kier alpha value is -0.393. The van der Waals surface area contributed by atoms with Gasteiger partial charge in [0.25, 0.3) is 0 Å². The highest BCUT2D eigenvalue weighted by atomic mass is 28.3. The Bertz CT molecular complexity index is 290. The molecule has 1 aliphatic rings. The highest BCUT2D eigenvalue weighted by Gasteiger charge is 2.51. The molecule has 18 heavy (non-hydrogen) atoms. The Morgan fingerprint density at radius 3 is 2.44 bits per heavy atom. The van der Waals surface area contributed by atoms with Gasteiger partial charge < -0.3 is 14.3 Å². The van der Waals surface area contributed by atoms with Crippen LogP contribution >= 0.6 is 0 Å². The molecule has 2 unspecified atom stereocenters. The predicted molar refractivity (Wildman–Crippen MR) is 73.4 cm³/mol. The van der Waals surface area contributed by atoms with E-state index >= 15 is 0 Å². The molecule has 0 spiro atoms. The van der Waals surface area contributed by atoms with Crippen molar-refractivity contribution < 1.29 is 19.1 Å². The molecule has 0 radical (unpaired) electrons. The van der Waals surface area contributed by atoms with E-state index in [0.717, 1.165) is 6.42 Å². The van der Waals surface area contributed by atoms with Gasteiger partial charge in [-0.15, -0.1) is 0 Å². The van der Waals surface area contributed by atoms with E-state index in [-0.39, 0.29) is 11.5 Å². The molecule has 0 bridgehead atoms. The van der Waals surface area contributed by atoms with E-state index in [4.69, 9.17) is 9.16 Å². The van der Waals surface area contributed by atoms with Crippen LogP contribution in [0.3, 0.4) is 0 Å². The van der Waals surface area contributed by atoms with Crippen LogP contribution < -0.4 is 0 Å². The number of ether oxygens (including phenoxy) is 1. The summed E-state index contributed by atoms with van der Waals surface area (Å²) in [4.78, 5) is 11.6. The zero-order chi connectivity index (χ0) is 14.0. The van der Waals surface area contributed by atoms with E-state index < -0.39 is 20.6 Å². The number of hydrogen-bond donors (Lipinski definition) is 1. The van der Waals surface area contributed by atoms with E-state index in [1.54, 1.807) is 0 Å². The largest absolute Gasteiger partial charge is 0.479 e. The molecule has 0 amide bonds. The molecule has 0 aromatic heterocycles. The van der Waals surface area contributed by atoms with Crippen LogP contribution in [0.5, 0.6) is 0 Å². The molecule has 2 atom stereocenters. The minimum atomic E-state index is -1.30. The summed E-state index contributed by atoms with van der Waals surface area (Å²) >= 11 is 0. The molecule has 1 fully saturated rings. The van der Waals surface area contributed by atoms with E-state index in [0.29, 0.717) is 19.4 Å². The van der Waals surface area contributed by atoms with Crippen LogP contribution in [-0.4, -0.2) is 38.4 Å². The van der Waals surface area contributed by atoms with Gasteiger partial charge in [0.05, 0.1) is 6.10 Å². The lowest BCUT2D eigenvalue weighted by atomic mass is 9.81. The van der Waals surface area contributed by atoms with Crippen molar-refractivity contribution in [3.05, 3.63) is 0 Å². The van der Waals surface area contributed by atoms with Gasteiger partial charge in [0.1, 0.15) is 0 Å². The number of aliphatic carboxylic acids is 1. The SMILES string of the molecule is C[SiH](C)OC(CC(C)(C)C)C1(C(=O)O)CCCO1. The molecule has 1 saturated heterocycles. The van der Waals surface area contributed by atoms with Gasteiger partial charge in [-0.1, -0.05) is 20.8 Å². The first kappa shape index (κ1) is 15.7. The van der Waals surface area contributed by atoms with Gasteiger partial charge in [-0.25, -0.2) is 4.79 Å². The molecule has 1 aliphatic heterocycles. The second-order valence-corrected chi connectivity index (χ2v) is 8.95. The second kappa shape index (κ2) is 5.71. The third-order valence-corrected chi connectivity index (χ3v) is 4.04. The third kappa shape index (κ3) is 3.80. The molecule has 0 aromatic rings. The van der Waals surface area contributed by atoms with Crippen molar-refractivity contribution in [3.8, 4) is 0 Å². The van der Waals surface area contributed by atoms with Crippen molar-refractivity contribution in [2.24, 2.45) is 5.41 Å². The zero-order valence-electron chi connectivity index (χ0n) is 12.2. The fraction of sp³-hybridized carbons (Fsp3) is 0.923. The molecule has 5 heteroatoms. The highest BCUT2D eigenvalue weighted by molar-refractivity contribution is 6.48. The maximum Gasteiger partial charge on any atom is 0.338 e. The van der Waals surface area contributed by atoms with E-state index in [9.17, 15) is 9.90 Å². The van der Waals surface area contributed by atoms with Gasteiger partial charge in [0.15, 0.2) is 14.6 Å². The monoisotopic (exact) mass is 274 g/mol. The maximum absolute atomic E-state index is 11.6. The second-order valence-electron chi connectivity index (χ2n) is 6.58. The summed E-state index contributed by atoms with van der Waals surface area (Å²) in [5.74, 6) is -0.871. The summed E-state index contributed by atoms with van der Waals surface area (Å²) in [6.07, 6.45) is 1.74. The molecule has 4 nitrogen and oxygen atoms in total. The minimum Gasteiger partial charge on any atom is -0.479 e. The molecule has 106 valence electrons. The molecule has 0 aliphatic carbocycles. The van der Waals surface area contributed by atoms with Crippen LogP contribution in [-0.2, 0) is 14.0 Å². The number of rotatable bonds is 5. The number of carbonyl (C=O) groups is 1. The summed E-state index contributed by atoms with van der Waals surface area (Å²) < 4.78 is 11.6. The average molecular weight is 274 g/mol. The van der Waals surface area contributed by atoms with Crippen LogP contribution in [0.15, 0.2) is 0 Å². The molecule has 1 N–H and O–H groups in total. The zero-order valence-corrected chi connectivity index (χ0v) is 13.3. The molecule has 1 rings (SSSR count). The van der Waals surface area contributed by atoms with Crippen LogP contribution in [0, 0.1) is 5.41 Å². The molecule has 1 heterocycles. The lowest BCUT2D eigenvalue weighted by Crippen LogP contribution is -2.52. The standard InChI is InChI=1S/C13H26O4Si/c1-12(2,3)9-10(17-18(4)5)13(11(14)15)7-6-8-16-13/h10,18H,6-9H2,1-5H3,(H,14,15). The molecular weight excluding hydrogens is 248 g/mol. The van der Waals surface area contributed by atoms with Gasteiger partial charge in [-0.2, -0.15) is 0 Å². The van der Waals surface area contributed by atoms with Gasteiger partial charge in [0.2, 0.25) is 0 Å². The summed E-state index contributed by atoms with van der Waals surface area (Å²) in [7, 11) is -1.30. The van der Waals surface area contributed by atoms with E-state index in [2.05, 4.69) is 33.9 Å². The van der Waals surface area contributed by atoms with Crippen LogP contribution in [0.2, 0.25) is 13.1 Å². The summed E-state index contributed by atoms with van der Waals surface area (Å²) in [5.41, 5.74) is -1.09. The normalized spacial score (nSPS) is 26.6. The molecule has 0 saturated carbocycles. The summed E-state index contributed by atoms with van der Waals surface area (Å²) in [6.45, 7) is 11.0. The van der Waals surface area contributed by atoms with Crippen LogP contribution in [0.25, 0.3) is 0 Å². The molecular formula is C13H26O4Si.